The van der Waals surface area contributed by atoms with Gasteiger partial charge in [0.25, 0.3) is 0 Å². The van der Waals surface area contributed by atoms with E-state index in [1.165, 1.54) is 0 Å². The van der Waals surface area contributed by atoms with E-state index in [4.69, 9.17) is 0 Å². The van der Waals surface area contributed by atoms with E-state index in [0.29, 0.717) is 12.2 Å². The maximum absolute atomic E-state index is 12.3. The first-order valence-corrected chi connectivity index (χ1v) is 9.25. The van der Waals surface area contributed by atoms with E-state index >= 15 is 0 Å². The van der Waals surface area contributed by atoms with Crippen molar-refractivity contribution in [2.45, 2.75) is 13.5 Å². The third kappa shape index (κ3) is 3.80. The number of benzene rings is 1. The van der Waals surface area contributed by atoms with Crippen LogP contribution in [-0.4, -0.2) is 25.8 Å². The molecule has 0 aliphatic rings. The lowest BCUT2D eigenvalue weighted by molar-refractivity contribution is 0.252. The molecule has 27 heavy (non-hydrogen) atoms. The number of fused-ring (bicyclic) bond motifs is 1. The van der Waals surface area contributed by atoms with E-state index in [0.717, 1.165) is 32.0 Å². The minimum atomic E-state index is -0.276. The van der Waals surface area contributed by atoms with Gasteiger partial charge in [0.1, 0.15) is 0 Å². The van der Waals surface area contributed by atoms with Crippen LogP contribution >= 0.6 is 11.3 Å². The Morgan fingerprint density at radius 2 is 2.19 bits per heavy atom. The zero-order valence-electron chi connectivity index (χ0n) is 14.9. The van der Waals surface area contributed by atoms with E-state index in [-0.39, 0.29) is 6.03 Å². The van der Waals surface area contributed by atoms with Gasteiger partial charge >= 0.3 is 6.03 Å². The number of hydrogen-bond acceptors (Lipinski definition) is 5. The quantitative estimate of drug-likeness (QED) is 0.567. The van der Waals surface area contributed by atoms with Crippen LogP contribution in [0.2, 0.25) is 0 Å². The van der Waals surface area contributed by atoms with Gasteiger partial charge in [-0.15, -0.1) is 11.3 Å². The third-order valence-electron chi connectivity index (χ3n) is 4.06. The van der Waals surface area contributed by atoms with Gasteiger partial charge in [-0.2, -0.15) is 5.10 Å². The number of nitrogens with one attached hydrogen (secondary N) is 2. The number of urea groups is 1. The summed E-state index contributed by atoms with van der Waals surface area (Å²) < 4.78 is 2.83. The molecule has 0 saturated heterocycles. The second-order valence-corrected chi connectivity index (χ2v) is 7.37. The molecule has 0 aliphatic carbocycles. The smallest absolute Gasteiger partial charge is 0.319 e. The Morgan fingerprint density at radius 1 is 1.30 bits per heavy atom. The van der Waals surface area contributed by atoms with Crippen LogP contribution in [0.5, 0.6) is 0 Å². The van der Waals surface area contributed by atoms with E-state index in [9.17, 15) is 4.79 Å². The van der Waals surface area contributed by atoms with Crippen LogP contribution in [0.15, 0.2) is 48.9 Å². The number of rotatable bonds is 4. The highest BCUT2D eigenvalue weighted by atomic mass is 32.1. The molecule has 1 aromatic carbocycles. The second-order valence-electron chi connectivity index (χ2n) is 6.14. The number of amides is 2. The predicted molar refractivity (Wildman–Crippen MR) is 107 cm³/mol. The van der Waals surface area contributed by atoms with Crippen LogP contribution < -0.4 is 10.6 Å². The number of hydrogen-bond donors (Lipinski definition) is 2. The molecule has 0 spiro atoms. The lowest BCUT2D eigenvalue weighted by Gasteiger charge is -2.10. The maximum Gasteiger partial charge on any atom is 0.319 e. The second kappa shape index (κ2) is 7.16. The molecule has 8 heteroatoms. The number of aryl methyl sites for hydroxylation is 2. The Labute approximate surface area is 160 Å². The molecule has 2 amide bonds. The molecule has 4 aromatic rings. The van der Waals surface area contributed by atoms with Crippen LogP contribution in [-0.2, 0) is 13.6 Å². The monoisotopic (exact) mass is 378 g/mol. The molecule has 0 atom stereocenters. The Hall–Kier alpha value is -3.26. The van der Waals surface area contributed by atoms with Gasteiger partial charge in [-0.25, -0.2) is 9.78 Å². The lowest BCUT2D eigenvalue weighted by atomic mass is 10.1. The first kappa shape index (κ1) is 17.2. The Kier molecular flexibility index (Phi) is 4.55. The molecule has 2 N–H and O–H groups in total. The van der Waals surface area contributed by atoms with E-state index in [1.54, 1.807) is 28.4 Å². The summed E-state index contributed by atoms with van der Waals surface area (Å²) >= 11 is 1.64. The van der Waals surface area contributed by atoms with Crippen molar-refractivity contribution in [2.75, 3.05) is 5.32 Å². The molecule has 0 bridgehead atoms. The molecule has 7 nitrogen and oxygen atoms in total. The van der Waals surface area contributed by atoms with Crippen LogP contribution in [0.4, 0.5) is 10.5 Å². The van der Waals surface area contributed by atoms with Crippen molar-refractivity contribution >= 4 is 33.3 Å². The van der Waals surface area contributed by atoms with Crippen molar-refractivity contribution in [2.24, 2.45) is 7.05 Å². The van der Waals surface area contributed by atoms with Gasteiger partial charge in [-0.05, 0) is 36.8 Å². The minimum absolute atomic E-state index is 0.276. The van der Waals surface area contributed by atoms with E-state index < -0.39 is 0 Å². The molecule has 0 unspecified atom stereocenters. The normalized spacial score (nSPS) is 10.9. The van der Waals surface area contributed by atoms with Crippen molar-refractivity contribution in [3.05, 3.63) is 59.5 Å². The van der Waals surface area contributed by atoms with Crippen molar-refractivity contribution in [1.82, 2.24) is 25.1 Å². The van der Waals surface area contributed by atoms with Crippen LogP contribution in [0.1, 0.15) is 10.6 Å². The van der Waals surface area contributed by atoms with Crippen molar-refractivity contribution in [3.8, 4) is 11.3 Å². The Balaban J connectivity index is 1.44. The highest BCUT2D eigenvalue weighted by molar-refractivity contribution is 7.18. The number of pyridine rings is 1. The first-order chi connectivity index (χ1) is 13.1. The average molecular weight is 378 g/mol. The molecule has 3 aromatic heterocycles. The number of anilines is 1. The minimum Gasteiger partial charge on any atom is -0.334 e. The Bertz CT molecular complexity index is 1120. The van der Waals surface area contributed by atoms with Gasteiger partial charge in [-0.1, -0.05) is 6.07 Å². The van der Waals surface area contributed by atoms with Crippen molar-refractivity contribution in [1.29, 1.82) is 0 Å². The molecular weight excluding hydrogens is 360 g/mol. The van der Waals surface area contributed by atoms with Crippen molar-refractivity contribution in [3.63, 3.8) is 0 Å². The summed E-state index contributed by atoms with van der Waals surface area (Å²) in [4.78, 5) is 21.2. The number of carbonyl (C=O) groups is 1. The largest absolute Gasteiger partial charge is 0.334 e. The molecule has 0 fully saturated rings. The molecule has 136 valence electrons. The van der Waals surface area contributed by atoms with Gasteiger partial charge in [0.05, 0.1) is 27.1 Å². The van der Waals surface area contributed by atoms with Gasteiger partial charge in [-0.3, -0.25) is 9.67 Å². The maximum atomic E-state index is 12.3. The fourth-order valence-corrected chi connectivity index (χ4v) is 3.66. The number of thiazole rings is 1. The lowest BCUT2D eigenvalue weighted by Crippen LogP contribution is -2.28. The molecule has 3 heterocycles. The standard InChI is InChI=1S/C19H18N6OS/c1-12-23-16-8-15(5-6-17(16)27-12)24-19(26)21-9-13-4-3-7-20-18(13)14-10-22-25(2)11-14/h3-8,10-11H,9H2,1-2H3,(H2,21,24,26). The zero-order valence-corrected chi connectivity index (χ0v) is 15.7. The van der Waals surface area contributed by atoms with Crippen LogP contribution in [0.25, 0.3) is 21.5 Å². The highest BCUT2D eigenvalue weighted by Gasteiger charge is 2.10. The molecule has 0 saturated carbocycles. The molecule has 0 aliphatic heterocycles. The number of aromatic nitrogens is 4. The Morgan fingerprint density at radius 3 is 3.00 bits per heavy atom. The summed E-state index contributed by atoms with van der Waals surface area (Å²) in [5.74, 6) is 0. The van der Waals surface area contributed by atoms with E-state index in [2.05, 4.69) is 25.7 Å². The highest BCUT2D eigenvalue weighted by Crippen LogP contribution is 2.24. The fourth-order valence-electron chi connectivity index (χ4n) is 2.86. The first-order valence-electron chi connectivity index (χ1n) is 8.43. The summed E-state index contributed by atoms with van der Waals surface area (Å²) in [5.41, 5.74) is 4.25. The van der Waals surface area contributed by atoms with Crippen molar-refractivity contribution < 1.29 is 4.79 Å². The summed E-state index contributed by atoms with van der Waals surface area (Å²) in [6.45, 7) is 2.33. The van der Waals surface area contributed by atoms with Gasteiger partial charge < -0.3 is 10.6 Å². The number of nitrogens with zero attached hydrogens (tertiary/aromatic N) is 4. The third-order valence-corrected chi connectivity index (χ3v) is 5.01. The summed E-state index contributed by atoms with van der Waals surface area (Å²) in [6, 6.07) is 9.25. The van der Waals surface area contributed by atoms with Gasteiger partial charge in [0.15, 0.2) is 0 Å². The summed E-state index contributed by atoms with van der Waals surface area (Å²) in [6.07, 6.45) is 5.39. The molecule has 0 radical (unpaired) electrons. The zero-order chi connectivity index (χ0) is 18.8. The number of carbonyl (C=O) groups excluding carboxylic acids is 1. The molecule has 4 rings (SSSR count). The average Bonchev–Trinajstić information content (AvgIpc) is 3.24. The molecular formula is C19H18N6OS. The van der Waals surface area contributed by atoms with Crippen LogP contribution in [0.3, 0.4) is 0 Å². The summed E-state index contributed by atoms with van der Waals surface area (Å²) in [7, 11) is 1.86. The predicted octanol–water partition coefficient (Wildman–Crippen LogP) is 3.72. The van der Waals surface area contributed by atoms with Gasteiger partial charge in [0, 0.05) is 37.2 Å². The SMILES string of the molecule is Cc1nc2cc(NC(=O)NCc3cccnc3-c3cnn(C)c3)ccc2s1. The van der Waals surface area contributed by atoms with Gasteiger partial charge in [0.2, 0.25) is 0 Å². The topological polar surface area (TPSA) is 84.7 Å². The summed E-state index contributed by atoms with van der Waals surface area (Å²) in [5, 5.41) is 10.9. The van der Waals surface area contributed by atoms with E-state index in [1.807, 2.05) is 50.5 Å². The fraction of sp³-hybridized carbons (Fsp3) is 0.158. The van der Waals surface area contributed by atoms with Crippen LogP contribution in [0, 0.1) is 6.92 Å².